The zero-order valence-corrected chi connectivity index (χ0v) is 17.8. The number of anilines is 1. The molecule has 3 rings (SSSR count). The number of esters is 1. The Labute approximate surface area is 183 Å². The van der Waals surface area contributed by atoms with Crippen LogP contribution in [0, 0.1) is 5.92 Å². The predicted octanol–water partition coefficient (Wildman–Crippen LogP) is 5.79. The number of hydrogen-bond acceptors (Lipinski definition) is 4. The fourth-order valence-corrected chi connectivity index (χ4v) is 3.28. The van der Waals surface area contributed by atoms with Crippen LogP contribution in [0.25, 0.3) is 0 Å². The van der Waals surface area contributed by atoms with Gasteiger partial charge in [0.05, 0.1) is 11.6 Å². The van der Waals surface area contributed by atoms with E-state index in [0.717, 1.165) is 12.0 Å². The standard InChI is InChI=1S/C26H27NO4/c1-3-19(2)25(20-12-6-4-7-13-20)26(29)30-18-24(28)27-22-16-10-11-17-23(22)31-21-14-8-5-9-15-21/h4-17,19,25H,3,18H2,1-2H3,(H,27,28). The van der Waals surface area contributed by atoms with Crippen molar-refractivity contribution in [2.24, 2.45) is 5.92 Å². The monoisotopic (exact) mass is 417 g/mol. The van der Waals surface area contributed by atoms with E-state index < -0.39 is 17.8 Å². The van der Waals surface area contributed by atoms with E-state index >= 15 is 0 Å². The van der Waals surface area contributed by atoms with Crippen molar-refractivity contribution in [3.05, 3.63) is 90.5 Å². The van der Waals surface area contributed by atoms with Crippen LogP contribution in [0.3, 0.4) is 0 Å². The quantitative estimate of drug-likeness (QED) is 0.448. The zero-order chi connectivity index (χ0) is 22.1. The van der Waals surface area contributed by atoms with E-state index in [2.05, 4.69) is 5.32 Å². The van der Waals surface area contributed by atoms with Crippen LogP contribution in [-0.2, 0) is 14.3 Å². The summed E-state index contributed by atoms with van der Waals surface area (Å²) in [6, 6.07) is 26.0. The lowest BCUT2D eigenvalue weighted by atomic mass is 9.86. The first-order chi connectivity index (χ1) is 15.1. The van der Waals surface area contributed by atoms with Crippen LogP contribution in [0.1, 0.15) is 31.7 Å². The number of amides is 1. The van der Waals surface area contributed by atoms with E-state index in [0.29, 0.717) is 17.2 Å². The molecule has 0 aliphatic carbocycles. The molecule has 1 N–H and O–H groups in total. The minimum absolute atomic E-state index is 0.0953. The molecule has 0 spiro atoms. The molecule has 0 aromatic heterocycles. The maximum absolute atomic E-state index is 12.8. The summed E-state index contributed by atoms with van der Waals surface area (Å²) in [6.07, 6.45) is 0.824. The van der Waals surface area contributed by atoms with E-state index in [1.165, 1.54) is 0 Å². The van der Waals surface area contributed by atoms with E-state index in [-0.39, 0.29) is 12.5 Å². The number of hydrogen-bond donors (Lipinski definition) is 1. The second-order valence-corrected chi connectivity index (χ2v) is 7.34. The van der Waals surface area contributed by atoms with E-state index in [1.54, 1.807) is 18.2 Å². The molecule has 3 aromatic carbocycles. The second kappa shape index (κ2) is 11.0. The fourth-order valence-electron chi connectivity index (χ4n) is 3.28. The first-order valence-corrected chi connectivity index (χ1v) is 10.4. The Bertz CT molecular complexity index is 989. The van der Waals surface area contributed by atoms with Crippen LogP contribution in [0.5, 0.6) is 11.5 Å². The molecule has 1 amide bonds. The van der Waals surface area contributed by atoms with Crippen molar-refractivity contribution in [3.63, 3.8) is 0 Å². The van der Waals surface area contributed by atoms with Crippen LogP contribution < -0.4 is 10.1 Å². The highest BCUT2D eigenvalue weighted by molar-refractivity contribution is 5.94. The van der Waals surface area contributed by atoms with Gasteiger partial charge in [-0.05, 0) is 35.7 Å². The molecule has 160 valence electrons. The van der Waals surface area contributed by atoms with Crippen molar-refractivity contribution in [2.75, 3.05) is 11.9 Å². The summed E-state index contributed by atoms with van der Waals surface area (Å²) in [5.41, 5.74) is 1.40. The van der Waals surface area contributed by atoms with Crippen molar-refractivity contribution in [1.82, 2.24) is 0 Å². The van der Waals surface area contributed by atoms with Crippen LogP contribution in [0.4, 0.5) is 5.69 Å². The summed E-state index contributed by atoms with van der Waals surface area (Å²) >= 11 is 0. The highest BCUT2D eigenvalue weighted by atomic mass is 16.5. The lowest BCUT2D eigenvalue weighted by molar-refractivity contribution is -0.150. The van der Waals surface area contributed by atoms with Crippen LogP contribution in [0.2, 0.25) is 0 Å². The molecule has 31 heavy (non-hydrogen) atoms. The lowest BCUT2D eigenvalue weighted by Gasteiger charge is -2.21. The smallest absolute Gasteiger partial charge is 0.314 e. The van der Waals surface area contributed by atoms with Gasteiger partial charge in [0.15, 0.2) is 12.4 Å². The number of ether oxygens (including phenoxy) is 2. The third-order valence-corrected chi connectivity index (χ3v) is 5.10. The number of rotatable bonds is 9. The van der Waals surface area contributed by atoms with Gasteiger partial charge in [0.25, 0.3) is 5.91 Å². The molecule has 3 aromatic rings. The number of para-hydroxylation sites is 3. The molecule has 0 saturated carbocycles. The van der Waals surface area contributed by atoms with Crippen LogP contribution in [-0.4, -0.2) is 18.5 Å². The summed E-state index contributed by atoms with van der Waals surface area (Å²) in [6.45, 7) is 3.68. The molecule has 0 radical (unpaired) electrons. The summed E-state index contributed by atoms with van der Waals surface area (Å²) in [5, 5.41) is 2.77. The molecular formula is C26H27NO4. The Morgan fingerprint density at radius 1 is 0.871 bits per heavy atom. The van der Waals surface area contributed by atoms with Gasteiger partial charge in [-0.25, -0.2) is 0 Å². The maximum atomic E-state index is 12.8. The third kappa shape index (κ3) is 6.19. The number of benzene rings is 3. The molecule has 0 aliphatic heterocycles. The molecule has 0 heterocycles. The minimum atomic E-state index is -0.423. The lowest BCUT2D eigenvalue weighted by Crippen LogP contribution is -2.27. The van der Waals surface area contributed by atoms with Gasteiger partial charge in [-0.2, -0.15) is 0 Å². The molecule has 0 saturated heterocycles. The molecule has 0 fully saturated rings. The molecule has 0 bridgehead atoms. The molecule has 2 atom stereocenters. The van der Waals surface area contributed by atoms with E-state index in [1.807, 2.05) is 80.6 Å². The van der Waals surface area contributed by atoms with Gasteiger partial charge in [0.2, 0.25) is 0 Å². The van der Waals surface area contributed by atoms with Crippen LogP contribution >= 0.6 is 0 Å². The third-order valence-electron chi connectivity index (χ3n) is 5.10. The predicted molar refractivity (Wildman–Crippen MR) is 121 cm³/mol. The average molecular weight is 418 g/mol. The van der Waals surface area contributed by atoms with Crippen molar-refractivity contribution < 1.29 is 19.1 Å². The van der Waals surface area contributed by atoms with Gasteiger partial charge in [0.1, 0.15) is 5.75 Å². The molecule has 2 unspecified atom stereocenters. The van der Waals surface area contributed by atoms with Gasteiger partial charge in [-0.3, -0.25) is 9.59 Å². The second-order valence-electron chi connectivity index (χ2n) is 7.34. The highest BCUT2D eigenvalue weighted by Crippen LogP contribution is 2.30. The zero-order valence-electron chi connectivity index (χ0n) is 17.8. The first kappa shape index (κ1) is 22.1. The molecule has 0 aliphatic rings. The Kier molecular flexibility index (Phi) is 7.82. The molecular weight excluding hydrogens is 390 g/mol. The van der Waals surface area contributed by atoms with E-state index in [4.69, 9.17) is 9.47 Å². The summed E-state index contributed by atoms with van der Waals surface area (Å²) in [5.74, 6) is 0.0358. The normalized spacial score (nSPS) is 12.5. The van der Waals surface area contributed by atoms with Gasteiger partial charge >= 0.3 is 5.97 Å². The minimum Gasteiger partial charge on any atom is -0.455 e. The number of nitrogens with one attached hydrogen (secondary N) is 1. The highest BCUT2D eigenvalue weighted by Gasteiger charge is 2.27. The van der Waals surface area contributed by atoms with Gasteiger partial charge < -0.3 is 14.8 Å². The van der Waals surface area contributed by atoms with Gasteiger partial charge in [-0.1, -0.05) is 80.9 Å². The Hall–Kier alpha value is -3.60. The summed E-state index contributed by atoms with van der Waals surface area (Å²) in [7, 11) is 0. The average Bonchev–Trinajstić information content (AvgIpc) is 2.80. The largest absolute Gasteiger partial charge is 0.455 e. The van der Waals surface area contributed by atoms with Crippen molar-refractivity contribution in [3.8, 4) is 11.5 Å². The van der Waals surface area contributed by atoms with E-state index in [9.17, 15) is 9.59 Å². The SMILES string of the molecule is CCC(C)C(C(=O)OCC(=O)Nc1ccccc1Oc1ccccc1)c1ccccc1. The fraction of sp³-hybridized carbons (Fsp3) is 0.231. The molecule has 5 nitrogen and oxygen atoms in total. The summed E-state index contributed by atoms with van der Waals surface area (Å²) < 4.78 is 11.2. The Morgan fingerprint density at radius 2 is 1.48 bits per heavy atom. The Morgan fingerprint density at radius 3 is 2.16 bits per heavy atom. The Balaban J connectivity index is 1.63. The topological polar surface area (TPSA) is 64.6 Å². The van der Waals surface area contributed by atoms with Crippen molar-refractivity contribution in [1.29, 1.82) is 0 Å². The maximum Gasteiger partial charge on any atom is 0.314 e. The van der Waals surface area contributed by atoms with Crippen LogP contribution in [0.15, 0.2) is 84.9 Å². The number of carbonyl (C=O) groups is 2. The van der Waals surface area contributed by atoms with Crippen molar-refractivity contribution in [2.45, 2.75) is 26.2 Å². The number of carbonyl (C=O) groups excluding carboxylic acids is 2. The van der Waals surface area contributed by atoms with Gasteiger partial charge in [0, 0.05) is 0 Å². The van der Waals surface area contributed by atoms with Gasteiger partial charge in [-0.15, -0.1) is 0 Å². The summed E-state index contributed by atoms with van der Waals surface area (Å²) in [4.78, 5) is 25.3. The first-order valence-electron chi connectivity index (χ1n) is 10.4. The van der Waals surface area contributed by atoms with Crippen molar-refractivity contribution >= 4 is 17.6 Å². The molecule has 5 heteroatoms.